The summed E-state index contributed by atoms with van der Waals surface area (Å²) in [6.45, 7) is -0.157. The molecular formula is C22H23N3O5S2. The fourth-order valence-corrected chi connectivity index (χ4v) is 4.14. The van der Waals surface area contributed by atoms with Crippen molar-refractivity contribution in [3.05, 3.63) is 59.6 Å². The molecule has 0 saturated heterocycles. The van der Waals surface area contributed by atoms with E-state index in [0.29, 0.717) is 28.1 Å². The van der Waals surface area contributed by atoms with Crippen LogP contribution in [0.3, 0.4) is 0 Å². The number of amides is 2. The lowest BCUT2D eigenvalue weighted by atomic mass is 10.3. The van der Waals surface area contributed by atoms with Gasteiger partial charge in [-0.3, -0.25) is 14.9 Å². The average Bonchev–Trinajstić information content (AvgIpc) is 3.25. The van der Waals surface area contributed by atoms with E-state index in [1.807, 2.05) is 11.4 Å². The molecule has 10 heteroatoms. The maximum absolute atomic E-state index is 12.1. The molecule has 0 aliphatic heterocycles. The Morgan fingerprint density at radius 2 is 1.72 bits per heavy atom. The molecule has 0 radical (unpaired) electrons. The highest BCUT2D eigenvalue weighted by Gasteiger charge is 2.10. The molecule has 1 aromatic heterocycles. The second-order valence-corrected chi connectivity index (χ2v) is 8.24. The molecule has 0 fully saturated rings. The van der Waals surface area contributed by atoms with Gasteiger partial charge in [-0.2, -0.15) is 0 Å². The number of nitrogens with zero attached hydrogens (tertiary/aromatic N) is 1. The average molecular weight is 474 g/mol. The zero-order chi connectivity index (χ0) is 22.8. The number of carbonyl (C=O) groups excluding carboxylic acids is 2. The first kappa shape index (κ1) is 23.4. The zero-order valence-electron chi connectivity index (χ0n) is 17.6. The first-order valence-electron chi connectivity index (χ1n) is 9.59. The van der Waals surface area contributed by atoms with Crippen molar-refractivity contribution in [1.29, 1.82) is 0 Å². The number of carbonyl (C=O) groups is 2. The Hall–Kier alpha value is -3.24. The molecule has 8 nitrogen and oxygen atoms in total. The number of anilines is 2. The highest BCUT2D eigenvalue weighted by molar-refractivity contribution is 7.99. The van der Waals surface area contributed by atoms with Gasteiger partial charge in [0.1, 0.15) is 5.75 Å². The molecular weight excluding hydrogens is 450 g/mol. The van der Waals surface area contributed by atoms with Gasteiger partial charge in [-0.1, -0.05) is 12.1 Å². The maximum atomic E-state index is 12.1. The van der Waals surface area contributed by atoms with E-state index in [0.717, 1.165) is 11.4 Å². The molecule has 0 aliphatic carbocycles. The molecule has 0 bridgehead atoms. The molecule has 168 valence electrons. The number of para-hydroxylation sites is 2. The van der Waals surface area contributed by atoms with Gasteiger partial charge in [0.2, 0.25) is 5.91 Å². The van der Waals surface area contributed by atoms with Crippen LogP contribution in [0.25, 0.3) is 0 Å². The van der Waals surface area contributed by atoms with Gasteiger partial charge in [-0.25, -0.2) is 4.98 Å². The van der Waals surface area contributed by atoms with E-state index < -0.39 is 0 Å². The monoisotopic (exact) mass is 473 g/mol. The summed E-state index contributed by atoms with van der Waals surface area (Å²) in [5.41, 5.74) is 1.50. The first-order valence-corrected chi connectivity index (χ1v) is 11.6. The van der Waals surface area contributed by atoms with Crippen LogP contribution in [0.5, 0.6) is 17.2 Å². The third-order valence-electron chi connectivity index (χ3n) is 4.08. The van der Waals surface area contributed by atoms with Gasteiger partial charge in [0.05, 0.1) is 25.7 Å². The van der Waals surface area contributed by atoms with Gasteiger partial charge in [0.25, 0.3) is 5.91 Å². The number of thioether (sulfide) groups is 1. The van der Waals surface area contributed by atoms with Crippen molar-refractivity contribution < 1.29 is 23.8 Å². The molecule has 0 aliphatic rings. The smallest absolute Gasteiger partial charge is 0.264 e. The Bertz CT molecular complexity index is 1040. The third kappa shape index (κ3) is 7.17. The number of hydrogen-bond donors (Lipinski definition) is 2. The van der Waals surface area contributed by atoms with Crippen molar-refractivity contribution in [3.63, 3.8) is 0 Å². The number of benzene rings is 2. The van der Waals surface area contributed by atoms with Crippen molar-refractivity contribution in [1.82, 2.24) is 4.98 Å². The predicted octanol–water partition coefficient (Wildman–Crippen LogP) is 4.05. The molecule has 0 saturated carbocycles. The lowest BCUT2D eigenvalue weighted by molar-refractivity contribution is -0.118. The van der Waals surface area contributed by atoms with Crippen molar-refractivity contribution in [2.45, 2.75) is 5.75 Å². The number of methoxy groups -OCH3 is 2. The lowest BCUT2D eigenvalue weighted by Gasteiger charge is -2.09. The van der Waals surface area contributed by atoms with Crippen LogP contribution >= 0.6 is 23.1 Å². The Balaban J connectivity index is 1.38. The number of ether oxygens (including phenoxy) is 3. The van der Waals surface area contributed by atoms with Crippen LogP contribution in [-0.2, 0) is 15.3 Å². The van der Waals surface area contributed by atoms with Crippen molar-refractivity contribution in [2.75, 3.05) is 37.2 Å². The van der Waals surface area contributed by atoms with E-state index >= 15 is 0 Å². The normalized spacial score (nSPS) is 10.3. The van der Waals surface area contributed by atoms with Crippen molar-refractivity contribution in [3.8, 4) is 17.2 Å². The first-order chi connectivity index (χ1) is 15.6. The van der Waals surface area contributed by atoms with E-state index in [-0.39, 0.29) is 24.2 Å². The summed E-state index contributed by atoms with van der Waals surface area (Å²) in [4.78, 5) is 28.6. The van der Waals surface area contributed by atoms with Gasteiger partial charge in [0, 0.05) is 16.8 Å². The minimum Gasteiger partial charge on any atom is -0.497 e. The SMILES string of the molecule is COc1ccc(NC(=O)CSCc2csc(NC(=O)COc3ccccc3OC)n2)cc1. The van der Waals surface area contributed by atoms with Crippen LogP contribution in [0.1, 0.15) is 5.69 Å². The molecule has 2 aromatic carbocycles. The molecule has 0 unspecified atom stereocenters. The van der Waals surface area contributed by atoms with Gasteiger partial charge in [0.15, 0.2) is 23.2 Å². The minimum absolute atomic E-state index is 0.0996. The number of aromatic nitrogens is 1. The predicted molar refractivity (Wildman–Crippen MR) is 127 cm³/mol. The van der Waals surface area contributed by atoms with E-state index in [1.165, 1.54) is 23.1 Å². The summed E-state index contributed by atoms with van der Waals surface area (Å²) in [5, 5.41) is 7.88. The topological polar surface area (TPSA) is 98.8 Å². The molecule has 32 heavy (non-hydrogen) atoms. The Morgan fingerprint density at radius 3 is 2.44 bits per heavy atom. The summed E-state index contributed by atoms with van der Waals surface area (Å²) in [6, 6.07) is 14.3. The molecule has 3 aromatic rings. The quantitative estimate of drug-likeness (QED) is 0.433. The second-order valence-electron chi connectivity index (χ2n) is 6.40. The van der Waals surface area contributed by atoms with Crippen LogP contribution in [-0.4, -0.2) is 43.4 Å². The van der Waals surface area contributed by atoms with E-state index in [1.54, 1.807) is 56.7 Å². The minimum atomic E-state index is -0.316. The summed E-state index contributed by atoms with van der Waals surface area (Å²) in [7, 11) is 3.13. The summed E-state index contributed by atoms with van der Waals surface area (Å²) in [5.74, 6) is 2.22. The summed E-state index contributed by atoms with van der Waals surface area (Å²) >= 11 is 2.76. The number of hydrogen-bond acceptors (Lipinski definition) is 8. The number of nitrogens with one attached hydrogen (secondary N) is 2. The van der Waals surface area contributed by atoms with Gasteiger partial charge in [-0.15, -0.1) is 23.1 Å². The maximum Gasteiger partial charge on any atom is 0.264 e. The largest absolute Gasteiger partial charge is 0.497 e. The summed E-state index contributed by atoms with van der Waals surface area (Å²) in [6.07, 6.45) is 0. The Labute approximate surface area is 194 Å². The molecule has 3 rings (SSSR count). The zero-order valence-corrected chi connectivity index (χ0v) is 19.3. The lowest BCUT2D eigenvalue weighted by Crippen LogP contribution is -2.20. The van der Waals surface area contributed by atoms with Crippen LogP contribution < -0.4 is 24.8 Å². The molecule has 0 atom stereocenters. The standard InChI is InChI=1S/C22H23N3O5S2/c1-28-17-9-7-15(8-10-17)23-21(27)14-31-12-16-13-32-22(24-16)25-20(26)11-30-19-6-4-3-5-18(19)29-2/h3-10,13H,11-12,14H2,1-2H3,(H,23,27)(H,24,25,26). The molecule has 1 heterocycles. The highest BCUT2D eigenvalue weighted by Crippen LogP contribution is 2.26. The number of thiazole rings is 1. The van der Waals surface area contributed by atoms with Crippen LogP contribution in [0.15, 0.2) is 53.9 Å². The highest BCUT2D eigenvalue weighted by atomic mass is 32.2. The van der Waals surface area contributed by atoms with Crippen molar-refractivity contribution >= 4 is 45.7 Å². The van der Waals surface area contributed by atoms with E-state index in [4.69, 9.17) is 14.2 Å². The fourth-order valence-electron chi connectivity index (χ4n) is 2.59. The Kier molecular flexibility index (Phi) is 8.76. The third-order valence-corrected chi connectivity index (χ3v) is 5.86. The Morgan fingerprint density at radius 1 is 0.969 bits per heavy atom. The summed E-state index contributed by atoms with van der Waals surface area (Å²) < 4.78 is 15.8. The van der Waals surface area contributed by atoms with Gasteiger partial charge >= 0.3 is 0 Å². The van der Waals surface area contributed by atoms with Gasteiger partial charge < -0.3 is 19.5 Å². The van der Waals surface area contributed by atoms with Crippen LogP contribution in [0.2, 0.25) is 0 Å². The molecule has 0 spiro atoms. The van der Waals surface area contributed by atoms with Crippen LogP contribution in [0, 0.1) is 0 Å². The molecule has 2 N–H and O–H groups in total. The number of rotatable bonds is 11. The van der Waals surface area contributed by atoms with E-state index in [9.17, 15) is 9.59 Å². The van der Waals surface area contributed by atoms with Crippen LogP contribution in [0.4, 0.5) is 10.8 Å². The molecule has 2 amide bonds. The second kappa shape index (κ2) is 12.0. The fraction of sp³-hybridized carbons (Fsp3) is 0.227. The van der Waals surface area contributed by atoms with Gasteiger partial charge in [-0.05, 0) is 36.4 Å². The van der Waals surface area contributed by atoms with Crippen molar-refractivity contribution in [2.24, 2.45) is 0 Å². The van der Waals surface area contributed by atoms with E-state index in [2.05, 4.69) is 15.6 Å².